The summed E-state index contributed by atoms with van der Waals surface area (Å²) in [6.45, 7) is 5.09. The Labute approximate surface area is 113 Å². The van der Waals surface area contributed by atoms with E-state index in [9.17, 15) is 0 Å². The highest BCUT2D eigenvalue weighted by Crippen LogP contribution is 2.33. The van der Waals surface area contributed by atoms with Gasteiger partial charge in [-0.1, -0.05) is 0 Å². The van der Waals surface area contributed by atoms with Crippen molar-refractivity contribution in [3.05, 3.63) is 30.5 Å². The number of hydrogen-bond acceptors (Lipinski definition) is 4. The monoisotopic (exact) mass is 257 g/mol. The zero-order valence-electron chi connectivity index (χ0n) is 11.3. The molecule has 2 atom stereocenters. The number of nitrogens with zero attached hydrogens (tertiary/aromatic N) is 1. The van der Waals surface area contributed by atoms with E-state index in [-0.39, 0.29) is 11.6 Å². The number of pyridine rings is 1. The van der Waals surface area contributed by atoms with Crippen molar-refractivity contribution in [1.29, 1.82) is 0 Å². The summed E-state index contributed by atoms with van der Waals surface area (Å²) in [7, 11) is 0. The van der Waals surface area contributed by atoms with Crippen LogP contribution in [0.4, 0.5) is 11.4 Å². The van der Waals surface area contributed by atoms with E-state index < -0.39 is 0 Å². The van der Waals surface area contributed by atoms with Crippen molar-refractivity contribution in [2.75, 3.05) is 17.7 Å². The molecule has 3 N–H and O–H groups in total. The topological polar surface area (TPSA) is 60.2 Å². The molecule has 0 bridgehead atoms. The van der Waals surface area contributed by atoms with Gasteiger partial charge in [-0.15, -0.1) is 0 Å². The number of benzene rings is 1. The van der Waals surface area contributed by atoms with Crippen molar-refractivity contribution in [2.24, 2.45) is 0 Å². The second-order valence-corrected chi connectivity index (χ2v) is 5.41. The first-order valence-electron chi connectivity index (χ1n) is 6.63. The average molecular weight is 257 g/mol. The number of fused-ring (bicyclic) bond motifs is 1. The fourth-order valence-electron chi connectivity index (χ4n) is 2.60. The Hall–Kier alpha value is -1.81. The molecule has 1 fully saturated rings. The summed E-state index contributed by atoms with van der Waals surface area (Å²) in [4.78, 5) is 4.46. The number of nitrogens with one attached hydrogen (secondary N) is 1. The van der Waals surface area contributed by atoms with Crippen LogP contribution in [0.25, 0.3) is 10.9 Å². The van der Waals surface area contributed by atoms with E-state index in [4.69, 9.17) is 10.5 Å². The maximum atomic E-state index is 6.00. The minimum atomic E-state index is -0.0550. The minimum absolute atomic E-state index is 0.0550. The van der Waals surface area contributed by atoms with Gasteiger partial charge in [-0.05, 0) is 44.5 Å². The molecular weight excluding hydrogens is 238 g/mol. The van der Waals surface area contributed by atoms with Gasteiger partial charge in [-0.3, -0.25) is 4.98 Å². The molecule has 0 aliphatic carbocycles. The predicted molar refractivity (Wildman–Crippen MR) is 78.2 cm³/mol. The van der Waals surface area contributed by atoms with Crippen LogP contribution in [0.5, 0.6) is 0 Å². The van der Waals surface area contributed by atoms with Crippen LogP contribution in [-0.4, -0.2) is 23.2 Å². The van der Waals surface area contributed by atoms with Crippen molar-refractivity contribution in [1.82, 2.24) is 4.98 Å². The lowest BCUT2D eigenvalue weighted by atomic mass is 9.94. The SMILES string of the molecule is CC1OCCC1(C)Nc1ccc(N)c2cccnc12. The summed E-state index contributed by atoms with van der Waals surface area (Å²) >= 11 is 0. The van der Waals surface area contributed by atoms with E-state index in [2.05, 4.69) is 24.1 Å². The molecule has 3 rings (SSSR count). The number of nitrogen functional groups attached to an aromatic ring is 1. The van der Waals surface area contributed by atoms with Gasteiger partial charge in [-0.2, -0.15) is 0 Å². The first kappa shape index (κ1) is 12.2. The van der Waals surface area contributed by atoms with E-state index in [0.29, 0.717) is 0 Å². The van der Waals surface area contributed by atoms with Gasteiger partial charge in [0.25, 0.3) is 0 Å². The third-order valence-electron chi connectivity index (χ3n) is 4.11. The fraction of sp³-hybridized carbons (Fsp3) is 0.400. The Morgan fingerprint density at radius 3 is 3.00 bits per heavy atom. The van der Waals surface area contributed by atoms with Gasteiger partial charge in [0.15, 0.2) is 0 Å². The smallest absolute Gasteiger partial charge is 0.0954 e. The Balaban J connectivity index is 2.04. The number of nitrogens with two attached hydrogens (primary N) is 1. The molecule has 1 aliphatic heterocycles. The highest BCUT2D eigenvalue weighted by molar-refractivity contribution is 5.98. The van der Waals surface area contributed by atoms with E-state index in [1.165, 1.54) is 0 Å². The fourth-order valence-corrected chi connectivity index (χ4v) is 2.60. The van der Waals surface area contributed by atoms with Gasteiger partial charge in [0.05, 0.1) is 22.8 Å². The Kier molecular flexibility index (Phi) is 2.82. The van der Waals surface area contributed by atoms with Crippen LogP contribution in [0, 0.1) is 0 Å². The van der Waals surface area contributed by atoms with Crippen LogP contribution in [0.1, 0.15) is 20.3 Å². The maximum absolute atomic E-state index is 6.00. The molecule has 0 radical (unpaired) electrons. The first-order valence-corrected chi connectivity index (χ1v) is 6.63. The molecule has 2 unspecified atom stereocenters. The van der Waals surface area contributed by atoms with E-state index in [1.54, 1.807) is 6.20 Å². The third-order valence-corrected chi connectivity index (χ3v) is 4.11. The summed E-state index contributed by atoms with van der Waals surface area (Å²) in [5.74, 6) is 0. The molecular formula is C15H19N3O. The zero-order valence-corrected chi connectivity index (χ0v) is 11.3. The molecule has 0 amide bonds. The van der Waals surface area contributed by atoms with Gasteiger partial charge in [-0.25, -0.2) is 0 Å². The van der Waals surface area contributed by atoms with Crippen molar-refractivity contribution >= 4 is 22.3 Å². The molecule has 19 heavy (non-hydrogen) atoms. The summed E-state index contributed by atoms with van der Waals surface area (Å²) in [6, 6.07) is 7.84. The summed E-state index contributed by atoms with van der Waals surface area (Å²) in [6.07, 6.45) is 2.97. The van der Waals surface area contributed by atoms with Gasteiger partial charge in [0.1, 0.15) is 0 Å². The molecule has 1 aliphatic rings. The number of aromatic nitrogens is 1. The average Bonchev–Trinajstić information content (AvgIpc) is 2.74. The van der Waals surface area contributed by atoms with Crippen LogP contribution in [0.15, 0.2) is 30.5 Å². The zero-order chi connectivity index (χ0) is 13.5. The van der Waals surface area contributed by atoms with Crippen molar-refractivity contribution in [3.63, 3.8) is 0 Å². The van der Waals surface area contributed by atoms with Crippen molar-refractivity contribution < 1.29 is 4.74 Å². The number of rotatable bonds is 2. The van der Waals surface area contributed by atoms with Crippen LogP contribution < -0.4 is 11.1 Å². The van der Waals surface area contributed by atoms with Crippen LogP contribution >= 0.6 is 0 Å². The van der Waals surface area contributed by atoms with Gasteiger partial charge < -0.3 is 15.8 Å². The van der Waals surface area contributed by atoms with Crippen molar-refractivity contribution in [2.45, 2.75) is 31.9 Å². The molecule has 2 heterocycles. The lowest BCUT2D eigenvalue weighted by Gasteiger charge is -2.30. The highest BCUT2D eigenvalue weighted by Gasteiger charge is 2.37. The van der Waals surface area contributed by atoms with E-state index >= 15 is 0 Å². The van der Waals surface area contributed by atoms with E-state index in [1.807, 2.05) is 24.3 Å². The molecule has 1 saturated heterocycles. The van der Waals surface area contributed by atoms with Crippen LogP contribution in [-0.2, 0) is 4.74 Å². The first-order chi connectivity index (χ1) is 9.10. The highest BCUT2D eigenvalue weighted by atomic mass is 16.5. The largest absolute Gasteiger partial charge is 0.398 e. The molecule has 1 aromatic heterocycles. The lowest BCUT2D eigenvalue weighted by molar-refractivity contribution is 0.105. The van der Waals surface area contributed by atoms with Gasteiger partial charge in [0, 0.05) is 23.9 Å². The Morgan fingerprint density at radius 1 is 1.42 bits per heavy atom. The van der Waals surface area contributed by atoms with Crippen LogP contribution in [0.2, 0.25) is 0 Å². The van der Waals surface area contributed by atoms with Gasteiger partial charge in [0.2, 0.25) is 0 Å². The molecule has 4 heteroatoms. The molecule has 4 nitrogen and oxygen atoms in total. The third kappa shape index (κ3) is 2.02. The number of hydrogen-bond donors (Lipinski definition) is 2. The number of anilines is 2. The summed E-state index contributed by atoms with van der Waals surface area (Å²) in [5.41, 5.74) is 8.64. The van der Waals surface area contributed by atoms with Crippen molar-refractivity contribution in [3.8, 4) is 0 Å². The quantitative estimate of drug-likeness (QED) is 0.812. The van der Waals surface area contributed by atoms with Crippen LogP contribution in [0.3, 0.4) is 0 Å². The summed E-state index contributed by atoms with van der Waals surface area (Å²) < 4.78 is 5.67. The number of ether oxygens (including phenoxy) is 1. The maximum Gasteiger partial charge on any atom is 0.0954 e. The molecule has 1 aromatic carbocycles. The standard InChI is InChI=1S/C15H19N3O/c1-10-15(2,7-9-19-10)18-13-6-5-12(16)11-4-3-8-17-14(11)13/h3-6,8,10,18H,7,9,16H2,1-2H3. The Bertz CT molecular complexity index is 613. The molecule has 2 aromatic rings. The lowest BCUT2D eigenvalue weighted by Crippen LogP contribution is -2.41. The second-order valence-electron chi connectivity index (χ2n) is 5.41. The minimum Gasteiger partial charge on any atom is -0.398 e. The molecule has 0 spiro atoms. The Morgan fingerprint density at radius 2 is 2.26 bits per heavy atom. The molecule has 0 saturated carbocycles. The van der Waals surface area contributed by atoms with E-state index in [0.717, 1.165) is 35.3 Å². The molecule has 100 valence electrons. The predicted octanol–water partition coefficient (Wildman–Crippen LogP) is 2.80. The summed E-state index contributed by atoms with van der Waals surface area (Å²) in [5, 5.41) is 4.58. The van der Waals surface area contributed by atoms with Gasteiger partial charge >= 0.3 is 0 Å². The second kappa shape index (κ2) is 4.38. The normalized spacial score (nSPS) is 26.7.